The molecule has 0 bridgehead atoms. The number of rotatable bonds is 6. The van der Waals surface area contributed by atoms with E-state index in [1.165, 1.54) is 23.1 Å². The molecule has 118 valence electrons. The zero-order chi connectivity index (χ0) is 16.1. The third-order valence-electron chi connectivity index (χ3n) is 2.81. The van der Waals surface area contributed by atoms with E-state index in [4.69, 9.17) is 10.5 Å². The number of hydrogen-bond acceptors (Lipinski definition) is 9. The van der Waals surface area contributed by atoms with E-state index in [-0.39, 0.29) is 0 Å². The fourth-order valence-corrected chi connectivity index (χ4v) is 3.42. The Hall–Kier alpha value is -2.39. The highest BCUT2D eigenvalue weighted by molar-refractivity contribution is 8.00. The van der Waals surface area contributed by atoms with Gasteiger partial charge in [-0.25, -0.2) is 9.97 Å². The van der Waals surface area contributed by atoms with E-state index in [0.29, 0.717) is 22.5 Å². The van der Waals surface area contributed by atoms with E-state index in [0.717, 1.165) is 15.8 Å². The summed E-state index contributed by atoms with van der Waals surface area (Å²) in [6.07, 6.45) is 1.65. The molecule has 1 aromatic carbocycles. The molecule has 9 heteroatoms. The molecule has 0 fully saturated rings. The van der Waals surface area contributed by atoms with Crippen LogP contribution in [0.15, 0.2) is 40.9 Å². The molecule has 3 N–H and O–H groups in total. The maximum absolute atomic E-state index is 5.64. The summed E-state index contributed by atoms with van der Waals surface area (Å²) in [4.78, 5) is 8.32. The van der Waals surface area contributed by atoms with Crippen LogP contribution in [0.2, 0.25) is 0 Å². The Morgan fingerprint density at radius 2 is 2.13 bits per heavy atom. The molecule has 0 saturated carbocycles. The van der Waals surface area contributed by atoms with Crippen molar-refractivity contribution in [2.24, 2.45) is 0 Å². The molecule has 0 atom stereocenters. The third-order valence-corrected chi connectivity index (χ3v) is 4.77. The van der Waals surface area contributed by atoms with E-state index >= 15 is 0 Å². The Kier molecular flexibility index (Phi) is 4.89. The van der Waals surface area contributed by atoms with Gasteiger partial charge in [-0.2, -0.15) is 0 Å². The van der Waals surface area contributed by atoms with Gasteiger partial charge in [-0.1, -0.05) is 35.2 Å². The maximum atomic E-state index is 5.64. The van der Waals surface area contributed by atoms with E-state index in [1.807, 2.05) is 24.3 Å². The molecule has 0 amide bonds. The SMILES string of the molecule is COc1ccccc1Nc1nnc(SCc2nccc(N)n2)s1. The number of nitrogen functional groups attached to an aromatic ring is 1. The summed E-state index contributed by atoms with van der Waals surface area (Å²) in [6.45, 7) is 0. The number of anilines is 3. The fourth-order valence-electron chi connectivity index (χ4n) is 1.79. The van der Waals surface area contributed by atoms with Crippen LogP contribution < -0.4 is 15.8 Å². The number of methoxy groups -OCH3 is 1. The number of aromatic nitrogens is 4. The largest absolute Gasteiger partial charge is 0.495 e. The van der Waals surface area contributed by atoms with Crippen molar-refractivity contribution in [1.82, 2.24) is 20.2 Å². The Labute approximate surface area is 141 Å². The lowest BCUT2D eigenvalue weighted by Gasteiger charge is -2.07. The minimum Gasteiger partial charge on any atom is -0.495 e. The molecule has 0 radical (unpaired) electrons. The van der Waals surface area contributed by atoms with E-state index in [9.17, 15) is 0 Å². The molecule has 0 aliphatic heterocycles. The molecule has 7 nitrogen and oxygen atoms in total. The lowest BCUT2D eigenvalue weighted by Crippen LogP contribution is -1.96. The lowest BCUT2D eigenvalue weighted by molar-refractivity contribution is 0.417. The van der Waals surface area contributed by atoms with E-state index in [1.54, 1.807) is 19.4 Å². The molecule has 0 spiro atoms. The van der Waals surface area contributed by atoms with Gasteiger partial charge in [-0.3, -0.25) is 0 Å². The van der Waals surface area contributed by atoms with Gasteiger partial charge in [0.1, 0.15) is 17.4 Å². The molecule has 0 aliphatic carbocycles. The molecular formula is C14H14N6OS2. The van der Waals surface area contributed by atoms with Gasteiger partial charge in [-0.15, -0.1) is 10.2 Å². The fraction of sp³-hybridized carbons (Fsp3) is 0.143. The van der Waals surface area contributed by atoms with Crippen molar-refractivity contribution in [3.05, 3.63) is 42.4 Å². The number of nitrogens with two attached hydrogens (primary N) is 1. The van der Waals surface area contributed by atoms with Gasteiger partial charge in [0.15, 0.2) is 4.34 Å². The van der Waals surface area contributed by atoms with Crippen LogP contribution in [-0.2, 0) is 5.75 Å². The van der Waals surface area contributed by atoms with Crippen LogP contribution in [0.4, 0.5) is 16.6 Å². The van der Waals surface area contributed by atoms with Gasteiger partial charge in [0, 0.05) is 6.20 Å². The van der Waals surface area contributed by atoms with Crippen molar-refractivity contribution in [1.29, 1.82) is 0 Å². The minimum absolute atomic E-state index is 0.464. The van der Waals surface area contributed by atoms with E-state index < -0.39 is 0 Å². The second-order valence-electron chi connectivity index (χ2n) is 4.38. The zero-order valence-corrected chi connectivity index (χ0v) is 13.9. The van der Waals surface area contributed by atoms with Gasteiger partial charge in [0.2, 0.25) is 5.13 Å². The van der Waals surface area contributed by atoms with Crippen molar-refractivity contribution in [3.8, 4) is 5.75 Å². The van der Waals surface area contributed by atoms with E-state index in [2.05, 4.69) is 25.5 Å². The van der Waals surface area contributed by atoms with Gasteiger partial charge >= 0.3 is 0 Å². The topological polar surface area (TPSA) is 98.8 Å². The van der Waals surface area contributed by atoms with Crippen LogP contribution in [0.25, 0.3) is 0 Å². The van der Waals surface area contributed by atoms with Crippen molar-refractivity contribution in [3.63, 3.8) is 0 Å². The normalized spacial score (nSPS) is 10.5. The molecule has 2 aromatic heterocycles. The number of thioether (sulfide) groups is 1. The van der Waals surface area contributed by atoms with Gasteiger partial charge < -0.3 is 15.8 Å². The Morgan fingerprint density at radius 3 is 2.96 bits per heavy atom. The quantitative estimate of drug-likeness (QED) is 0.657. The first-order valence-corrected chi connectivity index (χ1v) is 8.48. The Bertz CT molecular complexity index is 794. The van der Waals surface area contributed by atoms with Gasteiger partial charge in [0.05, 0.1) is 18.6 Å². The molecule has 2 heterocycles. The number of nitrogens with one attached hydrogen (secondary N) is 1. The molecule has 0 saturated heterocycles. The van der Waals surface area contributed by atoms with Crippen LogP contribution in [-0.4, -0.2) is 27.3 Å². The average Bonchev–Trinajstić information content (AvgIpc) is 3.01. The molecule has 0 unspecified atom stereocenters. The predicted octanol–water partition coefficient (Wildman–Crippen LogP) is 2.95. The third kappa shape index (κ3) is 4.08. The maximum Gasteiger partial charge on any atom is 0.210 e. The second-order valence-corrected chi connectivity index (χ2v) is 6.58. The number of ether oxygens (including phenoxy) is 1. The number of nitrogens with zero attached hydrogens (tertiary/aromatic N) is 4. The summed E-state index contributed by atoms with van der Waals surface area (Å²) in [7, 11) is 1.63. The first kappa shape index (κ1) is 15.5. The molecule has 0 aliphatic rings. The monoisotopic (exact) mass is 346 g/mol. The summed E-state index contributed by atoms with van der Waals surface area (Å²) in [5, 5.41) is 12.2. The standard InChI is InChI=1S/C14H14N6OS2/c1-21-10-5-3-2-4-9(10)17-13-19-20-14(23-13)22-8-12-16-7-6-11(15)18-12/h2-7H,8H2,1H3,(H,17,19)(H2,15,16,18). The van der Waals surface area contributed by atoms with Crippen molar-refractivity contribution < 1.29 is 4.74 Å². The Morgan fingerprint density at radius 1 is 1.26 bits per heavy atom. The van der Waals surface area contributed by atoms with Crippen LogP contribution in [0.1, 0.15) is 5.82 Å². The van der Waals surface area contributed by atoms with Crippen LogP contribution in [0, 0.1) is 0 Å². The minimum atomic E-state index is 0.464. The molecule has 23 heavy (non-hydrogen) atoms. The molecule has 3 rings (SSSR count). The van der Waals surface area contributed by atoms with Crippen molar-refractivity contribution in [2.75, 3.05) is 18.2 Å². The highest BCUT2D eigenvalue weighted by Gasteiger charge is 2.09. The van der Waals surface area contributed by atoms with Gasteiger partial charge in [0.25, 0.3) is 0 Å². The summed E-state index contributed by atoms with van der Waals surface area (Å²) >= 11 is 2.97. The number of para-hydroxylation sites is 2. The first-order valence-electron chi connectivity index (χ1n) is 6.68. The zero-order valence-electron chi connectivity index (χ0n) is 12.3. The Balaban J connectivity index is 1.64. The van der Waals surface area contributed by atoms with Crippen LogP contribution in [0.5, 0.6) is 5.75 Å². The summed E-state index contributed by atoms with van der Waals surface area (Å²) in [5.41, 5.74) is 6.49. The highest BCUT2D eigenvalue weighted by Crippen LogP contribution is 2.32. The second kappa shape index (κ2) is 7.25. The smallest absolute Gasteiger partial charge is 0.210 e. The molecule has 3 aromatic rings. The summed E-state index contributed by atoms with van der Waals surface area (Å²) < 4.78 is 6.13. The van der Waals surface area contributed by atoms with Crippen LogP contribution in [0.3, 0.4) is 0 Å². The summed E-state index contributed by atoms with van der Waals surface area (Å²) in [6, 6.07) is 9.31. The van der Waals surface area contributed by atoms with Crippen LogP contribution >= 0.6 is 23.1 Å². The average molecular weight is 346 g/mol. The predicted molar refractivity (Wildman–Crippen MR) is 92.2 cm³/mol. The highest BCUT2D eigenvalue weighted by atomic mass is 32.2. The van der Waals surface area contributed by atoms with Crippen molar-refractivity contribution in [2.45, 2.75) is 10.1 Å². The van der Waals surface area contributed by atoms with Gasteiger partial charge in [-0.05, 0) is 18.2 Å². The molecular weight excluding hydrogens is 332 g/mol. The number of benzene rings is 1. The number of hydrogen-bond donors (Lipinski definition) is 2. The first-order chi connectivity index (χ1) is 11.2. The lowest BCUT2D eigenvalue weighted by atomic mass is 10.3. The summed E-state index contributed by atoms with van der Waals surface area (Å²) in [5.74, 6) is 2.48. The van der Waals surface area contributed by atoms with Crippen molar-refractivity contribution >= 4 is 39.7 Å².